The first-order valence-electron chi connectivity index (χ1n) is 8.54. The van der Waals surface area contributed by atoms with Crippen LogP contribution in [0.1, 0.15) is 38.3 Å². The van der Waals surface area contributed by atoms with Gasteiger partial charge in [0.1, 0.15) is 11.5 Å². The zero-order chi connectivity index (χ0) is 17.6. The van der Waals surface area contributed by atoms with E-state index in [1.807, 2.05) is 37.3 Å². The van der Waals surface area contributed by atoms with E-state index in [2.05, 4.69) is 32.9 Å². The van der Waals surface area contributed by atoms with E-state index in [0.29, 0.717) is 18.6 Å². The van der Waals surface area contributed by atoms with Gasteiger partial charge in [-0.2, -0.15) is 0 Å². The minimum atomic E-state index is 0.304. The monoisotopic (exact) mass is 327 g/mol. The molecule has 0 spiro atoms. The highest BCUT2D eigenvalue weighted by atomic mass is 16.5. The Bertz CT molecular complexity index is 642. The number of rotatable bonds is 7. The molecule has 0 fully saturated rings. The van der Waals surface area contributed by atoms with Crippen LogP contribution < -0.4 is 15.2 Å². The van der Waals surface area contributed by atoms with Crippen molar-refractivity contribution >= 4 is 5.69 Å². The average molecular weight is 327 g/mol. The first-order chi connectivity index (χ1) is 11.3. The maximum Gasteiger partial charge on any atom is 0.124 e. The third kappa shape index (κ3) is 6.15. The van der Waals surface area contributed by atoms with Crippen LogP contribution >= 0.6 is 0 Å². The van der Waals surface area contributed by atoms with Gasteiger partial charge in [-0.3, -0.25) is 0 Å². The first kappa shape index (κ1) is 18.2. The van der Waals surface area contributed by atoms with E-state index >= 15 is 0 Å². The second-order valence-electron chi connectivity index (χ2n) is 7.46. The minimum absolute atomic E-state index is 0.304. The van der Waals surface area contributed by atoms with Crippen molar-refractivity contribution in [3.05, 3.63) is 53.6 Å². The van der Waals surface area contributed by atoms with Gasteiger partial charge in [0.05, 0.1) is 13.2 Å². The number of hydrogen-bond donors (Lipinski definition) is 1. The van der Waals surface area contributed by atoms with Gasteiger partial charge >= 0.3 is 0 Å². The van der Waals surface area contributed by atoms with Crippen molar-refractivity contribution in [2.45, 2.75) is 40.5 Å². The molecule has 0 bridgehead atoms. The van der Waals surface area contributed by atoms with E-state index in [1.54, 1.807) is 0 Å². The molecule has 130 valence electrons. The fraction of sp³-hybridized carbons (Fsp3) is 0.429. The molecule has 0 atom stereocenters. The van der Waals surface area contributed by atoms with E-state index in [-0.39, 0.29) is 0 Å². The molecule has 0 unspecified atom stereocenters. The van der Waals surface area contributed by atoms with Gasteiger partial charge in [-0.1, -0.05) is 39.0 Å². The van der Waals surface area contributed by atoms with E-state index in [0.717, 1.165) is 35.6 Å². The summed E-state index contributed by atoms with van der Waals surface area (Å²) in [5.74, 6) is 1.76. The summed E-state index contributed by atoms with van der Waals surface area (Å²) in [6.45, 7) is 10.0. The van der Waals surface area contributed by atoms with Crippen LogP contribution in [0.5, 0.6) is 11.5 Å². The molecule has 0 radical (unpaired) electrons. The number of aryl methyl sites for hydroxylation is 1. The Kier molecular flexibility index (Phi) is 6.13. The van der Waals surface area contributed by atoms with Crippen LogP contribution in [0.25, 0.3) is 0 Å². The van der Waals surface area contributed by atoms with E-state index in [1.165, 1.54) is 5.56 Å². The van der Waals surface area contributed by atoms with Crippen LogP contribution in [0.2, 0.25) is 0 Å². The summed E-state index contributed by atoms with van der Waals surface area (Å²) >= 11 is 0. The SMILES string of the molecule is Cc1ccc(N)cc1OCCCOc1ccc(CC(C)(C)C)cc1. The zero-order valence-electron chi connectivity index (χ0n) is 15.3. The van der Waals surface area contributed by atoms with Crippen molar-refractivity contribution in [2.24, 2.45) is 5.41 Å². The maximum absolute atomic E-state index is 5.78. The molecule has 2 aromatic rings. The third-order valence-corrected chi connectivity index (χ3v) is 3.68. The van der Waals surface area contributed by atoms with Crippen molar-refractivity contribution in [1.82, 2.24) is 0 Å². The standard InChI is InChI=1S/C21H29NO2/c1-16-6-9-18(22)14-20(16)24-13-5-12-23-19-10-7-17(8-11-19)15-21(2,3)4/h6-11,14H,5,12-13,15,22H2,1-4H3. The second-order valence-corrected chi connectivity index (χ2v) is 7.46. The summed E-state index contributed by atoms with van der Waals surface area (Å²) < 4.78 is 11.5. The largest absolute Gasteiger partial charge is 0.493 e. The summed E-state index contributed by atoms with van der Waals surface area (Å²) in [4.78, 5) is 0. The molecular formula is C21H29NO2. The molecule has 0 aliphatic heterocycles. The van der Waals surface area contributed by atoms with E-state index < -0.39 is 0 Å². The fourth-order valence-corrected chi connectivity index (χ4v) is 2.52. The van der Waals surface area contributed by atoms with Gasteiger partial charge < -0.3 is 15.2 Å². The predicted octanol–water partition coefficient (Wildman–Crippen LogP) is 5.01. The Morgan fingerprint density at radius 2 is 1.58 bits per heavy atom. The van der Waals surface area contributed by atoms with Crippen LogP contribution in [-0.2, 0) is 6.42 Å². The van der Waals surface area contributed by atoms with Crippen molar-refractivity contribution in [2.75, 3.05) is 18.9 Å². The quantitative estimate of drug-likeness (QED) is 0.574. The number of nitrogens with two attached hydrogens (primary N) is 1. The molecule has 2 rings (SSSR count). The van der Waals surface area contributed by atoms with Crippen LogP contribution in [-0.4, -0.2) is 13.2 Å². The second kappa shape index (κ2) is 8.09. The molecule has 24 heavy (non-hydrogen) atoms. The normalized spacial score (nSPS) is 11.3. The molecule has 0 aliphatic carbocycles. The highest BCUT2D eigenvalue weighted by molar-refractivity contribution is 5.47. The minimum Gasteiger partial charge on any atom is -0.493 e. The molecule has 0 aromatic heterocycles. The number of ether oxygens (including phenoxy) is 2. The summed E-state index contributed by atoms with van der Waals surface area (Å²) in [6, 6.07) is 14.1. The topological polar surface area (TPSA) is 44.5 Å². The fourth-order valence-electron chi connectivity index (χ4n) is 2.52. The number of nitrogen functional groups attached to an aromatic ring is 1. The van der Waals surface area contributed by atoms with Gasteiger partial charge in [0.25, 0.3) is 0 Å². The van der Waals surface area contributed by atoms with E-state index in [9.17, 15) is 0 Å². The lowest BCUT2D eigenvalue weighted by Crippen LogP contribution is -2.09. The highest BCUT2D eigenvalue weighted by Gasteiger charge is 2.10. The molecule has 0 heterocycles. The molecule has 3 nitrogen and oxygen atoms in total. The molecule has 2 N–H and O–H groups in total. The molecule has 3 heteroatoms. The molecule has 0 saturated heterocycles. The smallest absolute Gasteiger partial charge is 0.124 e. The van der Waals surface area contributed by atoms with Crippen LogP contribution in [0.3, 0.4) is 0 Å². The van der Waals surface area contributed by atoms with Gasteiger partial charge in [0, 0.05) is 18.2 Å². The Hall–Kier alpha value is -2.16. The number of anilines is 1. The summed E-state index contributed by atoms with van der Waals surface area (Å²) in [5.41, 5.74) is 9.25. The molecule has 0 aliphatic rings. The lowest BCUT2D eigenvalue weighted by atomic mass is 9.88. The van der Waals surface area contributed by atoms with Gasteiger partial charge in [-0.25, -0.2) is 0 Å². The molecule has 2 aromatic carbocycles. The van der Waals surface area contributed by atoms with Crippen LogP contribution in [0.15, 0.2) is 42.5 Å². The average Bonchev–Trinajstić information content (AvgIpc) is 2.50. The maximum atomic E-state index is 5.78. The van der Waals surface area contributed by atoms with Gasteiger partial charge in [0.15, 0.2) is 0 Å². The van der Waals surface area contributed by atoms with Crippen molar-refractivity contribution < 1.29 is 9.47 Å². The number of benzene rings is 2. The Balaban J connectivity index is 1.71. The van der Waals surface area contributed by atoms with E-state index in [4.69, 9.17) is 15.2 Å². The predicted molar refractivity (Wildman–Crippen MR) is 101 cm³/mol. The summed E-state index contributed by atoms with van der Waals surface area (Å²) in [7, 11) is 0. The first-order valence-corrected chi connectivity index (χ1v) is 8.54. The van der Waals surface area contributed by atoms with Crippen LogP contribution in [0, 0.1) is 12.3 Å². The Morgan fingerprint density at radius 1 is 0.917 bits per heavy atom. The van der Waals surface area contributed by atoms with Crippen molar-refractivity contribution in [3.63, 3.8) is 0 Å². The summed E-state index contributed by atoms with van der Waals surface area (Å²) in [6.07, 6.45) is 1.90. The van der Waals surface area contributed by atoms with Crippen molar-refractivity contribution in [3.8, 4) is 11.5 Å². The highest BCUT2D eigenvalue weighted by Crippen LogP contribution is 2.23. The summed E-state index contributed by atoms with van der Waals surface area (Å²) in [5, 5.41) is 0. The Labute approximate surface area is 145 Å². The third-order valence-electron chi connectivity index (χ3n) is 3.68. The number of hydrogen-bond acceptors (Lipinski definition) is 3. The Morgan fingerprint density at radius 3 is 2.25 bits per heavy atom. The van der Waals surface area contributed by atoms with Crippen molar-refractivity contribution in [1.29, 1.82) is 0 Å². The molecule has 0 amide bonds. The van der Waals surface area contributed by atoms with Gasteiger partial charge in [-0.05, 0) is 48.1 Å². The zero-order valence-corrected chi connectivity index (χ0v) is 15.3. The lowest BCUT2D eigenvalue weighted by Gasteiger charge is -2.18. The van der Waals surface area contributed by atoms with Gasteiger partial charge in [0.2, 0.25) is 0 Å². The lowest BCUT2D eigenvalue weighted by molar-refractivity contribution is 0.246. The molecular weight excluding hydrogens is 298 g/mol. The van der Waals surface area contributed by atoms with Gasteiger partial charge in [-0.15, -0.1) is 0 Å². The molecule has 0 saturated carbocycles. The van der Waals surface area contributed by atoms with Crippen LogP contribution in [0.4, 0.5) is 5.69 Å².